The van der Waals surface area contributed by atoms with Gasteiger partial charge in [0.05, 0.1) is 0 Å². The van der Waals surface area contributed by atoms with Crippen LogP contribution in [0.25, 0.3) is 0 Å². The number of Topliss-reactive ketones (excluding diaryl/α,β-unsaturated/α-hetero) is 1. The highest BCUT2D eigenvalue weighted by Gasteiger charge is 2.14. The summed E-state index contributed by atoms with van der Waals surface area (Å²) in [6, 6.07) is 6.33. The van der Waals surface area contributed by atoms with Crippen LogP contribution >= 0.6 is 0 Å². The van der Waals surface area contributed by atoms with Gasteiger partial charge in [0.1, 0.15) is 0 Å². The van der Waals surface area contributed by atoms with Crippen molar-refractivity contribution in [3.05, 3.63) is 58.4 Å². The van der Waals surface area contributed by atoms with Crippen molar-refractivity contribution in [1.29, 1.82) is 0 Å². The molecular weight excluding hydrogens is 258 g/mol. The molecule has 1 aromatic heterocycles. The topological polar surface area (TPSA) is 22.0 Å². The zero-order valence-electron chi connectivity index (χ0n) is 13.7. The Hall–Kier alpha value is -1.83. The fourth-order valence-corrected chi connectivity index (χ4v) is 2.87. The Labute approximate surface area is 127 Å². The molecule has 0 amide bonds. The van der Waals surface area contributed by atoms with E-state index in [9.17, 15) is 4.79 Å². The van der Waals surface area contributed by atoms with Crippen LogP contribution in [-0.2, 0) is 19.9 Å². The molecular formula is C19H25NO. The number of carbonyl (C=O) groups is 1. The lowest BCUT2D eigenvalue weighted by atomic mass is 9.92. The molecule has 0 atom stereocenters. The molecule has 2 rings (SSSR count). The second-order valence-electron chi connectivity index (χ2n) is 6.42. The number of aromatic nitrogens is 1. The van der Waals surface area contributed by atoms with Gasteiger partial charge in [-0.25, -0.2) is 0 Å². The quantitative estimate of drug-likeness (QED) is 0.751. The van der Waals surface area contributed by atoms with Crippen LogP contribution in [0.4, 0.5) is 0 Å². The molecule has 0 spiro atoms. The summed E-state index contributed by atoms with van der Waals surface area (Å²) in [5.74, 6) is 0.837. The molecule has 1 aromatic carbocycles. The monoisotopic (exact) mass is 283 g/mol. The molecule has 2 nitrogen and oxygen atoms in total. The molecule has 2 heteroatoms. The highest BCUT2D eigenvalue weighted by molar-refractivity contribution is 5.98. The summed E-state index contributed by atoms with van der Waals surface area (Å²) >= 11 is 0. The highest BCUT2D eigenvalue weighted by Crippen LogP contribution is 2.20. The highest BCUT2D eigenvalue weighted by atomic mass is 16.1. The van der Waals surface area contributed by atoms with Crippen LogP contribution in [0.2, 0.25) is 0 Å². The van der Waals surface area contributed by atoms with Gasteiger partial charge in [-0.1, -0.05) is 32.0 Å². The van der Waals surface area contributed by atoms with Crippen molar-refractivity contribution < 1.29 is 4.79 Å². The number of benzene rings is 1. The molecule has 0 bridgehead atoms. The zero-order chi connectivity index (χ0) is 15.6. The van der Waals surface area contributed by atoms with Crippen molar-refractivity contribution in [2.24, 2.45) is 13.0 Å². The Kier molecular flexibility index (Phi) is 4.66. The van der Waals surface area contributed by atoms with E-state index in [1.807, 2.05) is 30.9 Å². The summed E-state index contributed by atoms with van der Waals surface area (Å²) in [6.07, 6.45) is 5.47. The van der Waals surface area contributed by atoms with Crippen molar-refractivity contribution in [1.82, 2.24) is 4.57 Å². The summed E-state index contributed by atoms with van der Waals surface area (Å²) in [5, 5.41) is 0. The first kappa shape index (κ1) is 15.6. The first-order valence-corrected chi connectivity index (χ1v) is 7.61. The van der Waals surface area contributed by atoms with E-state index in [1.54, 1.807) is 0 Å². The van der Waals surface area contributed by atoms with Gasteiger partial charge in [0.25, 0.3) is 0 Å². The molecule has 1 heterocycles. The average molecular weight is 283 g/mol. The van der Waals surface area contributed by atoms with E-state index in [1.165, 1.54) is 11.1 Å². The second-order valence-corrected chi connectivity index (χ2v) is 6.42. The van der Waals surface area contributed by atoms with Gasteiger partial charge in [-0.05, 0) is 48.4 Å². The second kappa shape index (κ2) is 6.30. The van der Waals surface area contributed by atoms with Crippen molar-refractivity contribution in [3.8, 4) is 0 Å². The smallest absolute Gasteiger partial charge is 0.169 e. The van der Waals surface area contributed by atoms with Crippen LogP contribution in [0.15, 0.2) is 30.6 Å². The number of aryl methyl sites for hydroxylation is 2. The van der Waals surface area contributed by atoms with Gasteiger partial charge in [0.2, 0.25) is 0 Å². The SMILES string of the molecule is Cc1cn(C)cc1C(=O)Cc1cccc(CC(C)C)c1C. The van der Waals surface area contributed by atoms with E-state index in [-0.39, 0.29) is 5.78 Å². The fourth-order valence-electron chi connectivity index (χ4n) is 2.87. The molecule has 0 unspecified atom stereocenters. The standard InChI is InChI=1S/C19H25NO/c1-13(2)9-16-7-6-8-17(15(16)4)10-19(21)18-12-20(5)11-14(18)3/h6-8,11-13H,9-10H2,1-5H3. The maximum atomic E-state index is 12.5. The van der Waals surface area contributed by atoms with Crippen molar-refractivity contribution in [3.63, 3.8) is 0 Å². The van der Waals surface area contributed by atoms with Gasteiger partial charge in [-0.3, -0.25) is 4.79 Å². The number of hydrogen-bond donors (Lipinski definition) is 0. The molecule has 112 valence electrons. The maximum Gasteiger partial charge on any atom is 0.169 e. The van der Waals surface area contributed by atoms with Crippen molar-refractivity contribution in [2.75, 3.05) is 0 Å². The first-order chi connectivity index (χ1) is 9.88. The maximum absolute atomic E-state index is 12.5. The summed E-state index contributed by atoms with van der Waals surface area (Å²) in [6.45, 7) is 8.59. The van der Waals surface area contributed by atoms with Gasteiger partial charge in [-0.2, -0.15) is 0 Å². The predicted molar refractivity (Wildman–Crippen MR) is 87.9 cm³/mol. The number of ketones is 1. The Morgan fingerprint density at radius 1 is 1.14 bits per heavy atom. The Bertz CT molecular complexity index is 650. The molecule has 0 aliphatic carbocycles. The normalized spacial score (nSPS) is 11.1. The van der Waals surface area contributed by atoms with Crippen LogP contribution in [0.3, 0.4) is 0 Å². The summed E-state index contributed by atoms with van der Waals surface area (Å²) < 4.78 is 1.95. The van der Waals surface area contributed by atoms with E-state index >= 15 is 0 Å². The minimum absolute atomic E-state index is 0.206. The molecule has 2 aromatic rings. The third-order valence-corrected chi connectivity index (χ3v) is 3.99. The lowest BCUT2D eigenvalue weighted by Gasteiger charge is -2.12. The Balaban J connectivity index is 2.23. The van der Waals surface area contributed by atoms with Crippen LogP contribution < -0.4 is 0 Å². The lowest BCUT2D eigenvalue weighted by molar-refractivity contribution is 0.0992. The molecule has 0 aliphatic heterocycles. The van der Waals surface area contributed by atoms with Gasteiger partial charge in [0.15, 0.2) is 5.78 Å². The van der Waals surface area contributed by atoms with E-state index < -0.39 is 0 Å². The molecule has 0 fully saturated rings. The largest absolute Gasteiger partial charge is 0.356 e. The number of rotatable bonds is 5. The Morgan fingerprint density at radius 2 is 1.81 bits per heavy atom. The van der Waals surface area contributed by atoms with Gasteiger partial charge in [0, 0.05) is 31.4 Å². The van der Waals surface area contributed by atoms with Gasteiger partial charge >= 0.3 is 0 Å². The minimum Gasteiger partial charge on any atom is -0.356 e. The Morgan fingerprint density at radius 3 is 2.38 bits per heavy atom. The first-order valence-electron chi connectivity index (χ1n) is 7.61. The molecule has 0 radical (unpaired) electrons. The summed E-state index contributed by atoms with van der Waals surface area (Å²) in [7, 11) is 1.96. The average Bonchev–Trinajstić information content (AvgIpc) is 2.73. The van der Waals surface area contributed by atoms with E-state index in [2.05, 4.69) is 39.0 Å². The van der Waals surface area contributed by atoms with Crippen molar-refractivity contribution in [2.45, 2.75) is 40.5 Å². The minimum atomic E-state index is 0.206. The third kappa shape index (κ3) is 3.63. The number of nitrogens with zero attached hydrogens (tertiary/aromatic N) is 1. The fraction of sp³-hybridized carbons (Fsp3) is 0.421. The van der Waals surface area contributed by atoms with E-state index in [0.717, 1.165) is 23.1 Å². The number of carbonyl (C=O) groups excluding carboxylic acids is 1. The van der Waals surface area contributed by atoms with Crippen LogP contribution in [0, 0.1) is 19.8 Å². The predicted octanol–water partition coefficient (Wildman–Crippen LogP) is 4.27. The molecule has 0 N–H and O–H groups in total. The van der Waals surface area contributed by atoms with Crippen LogP contribution in [-0.4, -0.2) is 10.4 Å². The van der Waals surface area contributed by atoms with Crippen LogP contribution in [0.1, 0.15) is 46.5 Å². The van der Waals surface area contributed by atoms with Crippen molar-refractivity contribution >= 4 is 5.78 Å². The van der Waals surface area contributed by atoms with Gasteiger partial charge in [-0.15, -0.1) is 0 Å². The summed E-state index contributed by atoms with van der Waals surface area (Å²) in [4.78, 5) is 12.5. The summed E-state index contributed by atoms with van der Waals surface area (Å²) in [5.41, 5.74) is 5.68. The van der Waals surface area contributed by atoms with E-state index in [0.29, 0.717) is 12.3 Å². The molecule has 21 heavy (non-hydrogen) atoms. The third-order valence-electron chi connectivity index (χ3n) is 3.99. The lowest BCUT2D eigenvalue weighted by Crippen LogP contribution is -2.07. The molecule has 0 aliphatic rings. The number of hydrogen-bond acceptors (Lipinski definition) is 1. The van der Waals surface area contributed by atoms with E-state index in [4.69, 9.17) is 0 Å². The molecule has 0 saturated heterocycles. The van der Waals surface area contributed by atoms with Gasteiger partial charge < -0.3 is 4.57 Å². The van der Waals surface area contributed by atoms with Crippen LogP contribution in [0.5, 0.6) is 0 Å². The zero-order valence-corrected chi connectivity index (χ0v) is 13.7. The molecule has 0 saturated carbocycles.